The molecular weight excluding hydrogens is 781 g/mol. The zero-order valence-corrected chi connectivity index (χ0v) is 41.3. The summed E-state index contributed by atoms with van der Waals surface area (Å²) >= 11 is 0. The molecule has 0 bridgehead atoms. The molecule has 63 heavy (non-hydrogen) atoms. The van der Waals surface area contributed by atoms with Gasteiger partial charge in [0, 0.05) is 19.3 Å². The van der Waals surface area contributed by atoms with E-state index in [0.29, 0.717) is 19.3 Å². The van der Waals surface area contributed by atoms with Gasteiger partial charge in [0.25, 0.3) is 0 Å². The van der Waals surface area contributed by atoms with E-state index in [0.717, 1.165) is 83.5 Å². The van der Waals surface area contributed by atoms with Gasteiger partial charge in [-0.15, -0.1) is 0 Å². The van der Waals surface area contributed by atoms with Crippen LogP contribution in [0.2, 0.25) is 0 Å². The van der Waals surface area contributed by atoms with Gasteiger partial charge in [-0.1, -0.05) is 229 Å². The number of hydrogen-bond donors (Lipinski definition) is 0. The molecule has 0 aliphatic rings. The zero-order chi connectivity index (χ0) is 45.8. The maximum atomic E-state index is 12.8. The normalized spacial score (nSPS) is 12.6. The zero-order valence-electron chi connectivity index (χ0n) is 41.3. The smallest absolute Gasteiger partial charge is 0.306 e. The molecule has 0 saturated heterocycles. The van der Waals surface area contributed by atoms with Crippen molar-refractivity contribution >= 4 is 17.9 Å². The fourth-order valence-electron chi connectivity index (χ4n) is 7.25. The highest BCUT2D eigenvalue weighted by Crippen LogP contribution is 2.15. The second kappa shape index (κ2) is 51.5. The van der Waals surface area contributed by atoms with Crippen molar-refractivity contribution in [2.24, 2.45) is 0 Å². The monoisotopic (exact) mass is 879 g/mol. The molecular formula is C57H98O6. The lowest BCUT2D eigenvalue weighted by Gasteiger charge is -2.18. The van der Waals surface area contributed by atoms with E-state index in [-0.39, 0.29) is 37.5 Å². The van der Waals surface area contributed by atoms with Gasteiger partial charge in [-0.3, -0.25) is 14.4 Å². The molecule has 0 aromatic carbocycles. The van der Waals surface area contributed by atoms with E-state index in [1.165, 1.54) is 122 Å². The summed E-state index contributed by atoms with van der Waals surface area (Å²) in [5.74, 6) is -1.00. The van der Waals surface area contributed by atoms with Crippen molar-refractivity contribution in [2.45, 2.75) is 258 Å². The lowest BCUT2D eigenvalue weighted by Crippen LogP contribution is -2.30. The van der Waals surface area contributed by atoms with Gasteiger partial charge in [-0.25, -0.2) is 0 Å². The van der Waals surface area contributed by atoms with Gasteiger partial charge in [0.2, 0.25) is 0 Å². The standard InChI is InChI=1S/C57H98O6/c1-4-7-10-13-16-19-22-25-27-29-32-35-38-41-44-47-50-56(59)62-53-54(52-61-55(58)49-46-43-40-37-34-31-24-21-18-15-12-9-6-3)63-57(60)51-48-45-42-39-36-33-30-28-26-23-20-17-14-11-8-5-2/h7,10,16,19,25,27,31-32,34-35,40,43,54H,4-6,8-9,11-15,17-18,20-24,26,28-30,33,36-39,41-42,44-53H2,1-3H3/b10-7-,19-16-,27-25-,34-31-,35-32-,43-40-. The van der Waals surface area contributed by atoms with Crippen LogP contribution in [0.3, 0.4) is 0 Å². The molecule has 1 unspecified atom stereocenters. The Labute approximate surface area is 389 Å². The Hall–Kier alpha value is -3.15. The summed E-state index contributed by atoms with van der Waals surface area (Å²) in [7, 11) is 0. The summed E-state index contributed by atoms with van der Waals surface area (Å²) in [6.45, 7) is 6.45. The molecule has 0 aliphatic carbocycles. The van der Waals surface area contributed by atoms with Crippen LogP contribution in [-0.2, 0) is 28.6 Å². The van der Waals surface area contributed by atoms with Gasteiger partial charge in [0.05, 0.1) is 0 Å². The van der Waals surface area contributed by atoms with Crippen LogP contribution >= 0.6 is 0 Å². The van der Waals surface area contributed by atoms with E-state index in [4.69, 9.17) is 14.2 Å². The molecule has 0 N–H and O–H groups in total. The average Bonchev–Trinajstić information content (AvgIpc) is 3.28. The maximum absolute atomic E-state index is 12.8. The van der Waals surface area contributed by atoms with Crippen molar-refractivity contribution in [1.29, 1.82) is 0 Å². The largest absolute Gasteiger partial charge is 0.462 e. The Morgan fingerprint density at radius 2 is 0.651 bits per heavy atom. The third kappa shape index (κ3) is 49.7. The van der Waals surface area contributed by atoms with Crippen LogP contribution in [-0.4, -0.2) is 37.2 Å². The summed E-state index contributed by atoms with van der Waals surface area (Å²) in [4.78, 5) is 38.0. The van der Waals surface area contributed by atoms with Crippen LogP contribution in [0.4, 0.5) is 0 Å². The van der Waals surface area contributed by atoms with Crippen LogP contribution < -0.4 is 0 Å². The Kier molecular flexibility index (Phi) is 48.9. The van der Waals surface area contributed by atoms with Crippen molar-refractivity contribution in [3.8, 4) is 0 Å². The average molecular weight is 879 g/mol. The highest BCUT2D eigenvalue weighted by Gasteiger charge is 2.19. The summed E-state index contributed by atoms with van der Waals surface area (Å²) in [5, 5.41) is 0. The molecule has 0 heterocycles. The number of rotatable bonds is 47. The van der Waals surface area contributed by atoms with Crippen molar-refractivity contribution in [2.75, 3.05) is 13.2 Å². The van der Waals surface area contributed by atoms with E-state index < -0.39 is 6.10 Å². The SMILES string of the molecule is CC/C=C\C/C=C\C/C=C\C/C=C\CCCCCC(=O)OCC(COC(=O)CC/C=C\C/C=C\CCCCCCCC)OC(=O)CCCCCCCCCCCCCCCCCC. The molecule has 362 valence electrons. The first-order chi connectivity index (χ1) is 31.0. The second-order valence-corrected chi connectivity index (χ2v) is 17.4. The van der Waals surface area contributed by atoms with Crippen LogP contribution in [0, 0.1) is 0 Å². The topological polar surface area (TPSA) is 78.9 Å². The molecule has 0 aromatic heterocycles. The van der Waals surface area contributed by atoms with Crippen LogP contribution in [0.25, 0.3) is 0 Å². The van der Waals surface area contributed by atoms with E-state index in [1.54, 1.807) is 0 Å². The van der Waals surface area contributed by atoms with Gasteiger partial charge in [-0.2, -0.15) is 0 Å². The first-order valence-electron chi connectivity index (χ1n) is 26.4. The van der Waals surface area contributed by atoms with Crippen LogP contribution in [0.15, 0.2) is 72.9 Å². The van der Waals surface area contributed by atoms with Crippen molar-refractivity contribution in [3.05, 3.63) is 72.9 Å². The molecule has 0 aromatic rings. The highest BCUT2D eigenvalue weighted by molar-refractivity contribution is 5.71. The Bertz CT molecular complexity index is 1190. The first kappa shape index (κ1) is 59.9. The third-order valence-electron chi connectivity index (χ3n) is 11.2. The van der Waals surface area contributed by atoms with Crippen LogP contribution in [0.5, 0.6) is 0 Å². The van der Waals surface area contributed by atoms with E-state index in [1.807, 2.05) is 6.08 Å². The minimum absolute atomic E-state index is 0.107. The van der Waals surface area contributed by atoms with Gasteiger partial charge in [0.1, 0.15) is 13.2 Å². The number of hydrogen-bond acceptors (Lipinski definition) is 6. The fourth-order valence-corrected chi connectivity index (χ4v) is 7.25. The Balaban J connectivity index is 4.47. The molecule has 0 radical (unpaired) electrons. The summed E-state index contributed by atoms with van der Waals surface area (Å²) in [6, 6.07) is 0. The van der Waals surface area contributed by atoms with E-state index >= 15 is 0 Å². The quantitative estimate of drug-likeness (QED) is 0.0262. The van der Waals surface area contributed by atoms with Crippen molar-refractivity contribution in [3.63, 3.8) is 0 Å². The molecule has 0 amide bonds. The number of esters is 3. The van der Waals surface area contributed by atoms with E-state index in [2.05, 4.69) is 87.6 Å². The third-order valence-corrected chi connectivity index (χ3v) is 11.2. The molecule has 0 spiro atoms. The molecule has 6 nitrogen and oxygen atoms in total. The van der Waals surface area contributed by atoms with Gasteiger partial charge < -0.3 is 14.2 Å². The lowest BCUT2D eigenvalue weighted by atomic mass is 10.0. The summed E-state index contributed by atoms with van der Waals surface area (Å²) in [6.07, 6.45) is 64.7. The summed E-state index contributed by atoms with van der Waals surface area (Å²) < 4.78 is 16.7. The number of unbranched alkanes of at least 4 members (excludes halogenated alkanes) is 24. The maximum Gasteiger partial charge on any atom is 0.306 e. The molecule has 1 atom stereocenters. The predicted octanol–water partition coefficient (Wildman–Crippen LogP) is 17.4. The minimum Gasteiger partial charge on any atom is -0.462 e. The fraction of sp³-hybridized carbons (Fsp3) is 0.737. The van der Waals surface area contributed by atoms with Gasteiger partial charge >= 0.3 is 17.9 Å². The predicted molar refractivity (Wildman–Crippen MR) is 270 cm³/mol. The van der Waals surface area contributed by atoms with E-state index in [9.17, 15) is 14.4 Å². The number of ether oxygens (including phenoxy) is 3. The second-order valence-electron chi connectivity index (χ2n) is 17.4. The Morgan fingerprint density at radius 1 is 0.333 bits per heavy atom. The Morgan fingerprint density at radius 3 is 1.08 bits per heavy atom. The molecule has 0 saturated carbocycles. The molecule has 0 aliphatic heterocycles. The minimum atomic E-state index is -0.808. The number of carbonyl (C=O) groups is 3. The molecule has 6 heteroatoms. The van der Waals surface area contributed by atoms with Crippen LogP contribution in [0.1, 0.15) is 252 Å². The van der Waals surface area contributed by atoms with Gasteiger partial charge in [0.15, 0.2) is 6.10 Å². The first-order valence-corrected chi connectivity index (χ1v) is 26.4. The van der Waals surface area contributed by atoms with Crippen molar-refractivity contribution < 1.29 is 28.6 Å². The number of allylic oxidation sites excluding steroid dienone is 12. The molecule has 0 fully saturated rings. The highest BCUT2D eigenvalue weighted by atomic mass is 16.6. The lowest BCUT2D eigenvalue weighted by molar-refractivity contribution is -0.166. The van der Waals surface area contributed by atoms with Crippen molar-refractivity contribution in [1.82, 2.24) is 0 Å². The van der Waals surface area contributed by atoms with Gasteiger partial charge in [-0.05, 0) is 77.0 Å². The number of carbonyl (C=O) groups excluding carboxylic acids is 3. The summed E-state index contributed by atoms with van der Waals surface area (Å²) in [5.41, 5.74) is 0. The molecule has 0 rings (SSSR count).